The number of thioether (sulfide) groups is 1. The Morgan fingerprint density at radius 3 is 2.34 bits per heavy atom. The third-order valence-electron chi connectivity index (χ3n) is 4.48. The minimum atomic E-state index is -4.05. The molecule has 0 saturated heterocycles. The van der Waals surface area contributed by atoms with Gasteiger partial charge in [-0.25, -0.2) is 12.8 Å². The van der Waals surface area contributed by atoms with E-state index in [-0.39, 0.29) is 10.6 Å². The second kappa shape index (κ2) is 10.5. The molecular weight excluding hydrogens is 451 g/mol. The molecule has 0 unspecified atom stereocenters. The number of rotatable bonds is 9. The Balaban J connectivity index is 1.93. The van der Waals surface area contributed by atoms with Gasteiger partial charge in [-0.3, -0.25) is 9.10 Å². The standard InChI is InChI=1S/C23H23FN2O4S2/c1-3-30-20-9-7-19(8-10-20)26(16-23(27)25-18-6-4-5-17(24)15-18)32(28,29)22-13-11-21(31-2)12-14-22/h4-15H,3,16H2,1-2H3,(H,25,27). The van der Waals surface area contributed by atoms with Crippen LogP contribution in [0.1, 0.15) is 6.92 Å². The first kappa shape index (κ1) is 23.6. The number of hydrogen-bond donors (Lipinski definition) is 1. The van der Waals surface area contributed by atoms with E-state index in [4.69, 9.17) is 4.74 Å². The van der Waals surface area contributed by atoms with Gasteiger partial charge in [-0.15, -0.1) is 11.8 Å². The second-order valence-corrected chi connectivity index (χ2v) is 9.41. The van der Waals surface area contributed by atoms with Crippen molar-refractivity contribution in [1.82, 2.24) is 0 Å². The Labute approximate surface area is 191 Å². The molecule has 168 valence electrons. The highest BCUT2D eigenvalue weighted by molar-refractivity contribution is 7.98. The largest absolute Gasteiger partial charge is 0.494 e. The summed E-state index contributed by atoms with van der Waals surface area (Å²) in [6.45, 7) is 1.83. The highest BCUT2D eigenvalue weighted by atomic mass is 32.2. The first-order chi connectivity index (χ1) is 15.3. The van der Waals surface area contributed by atoms with Gasteiger partial charge >= 0.3 is 0 Å². The number of benzene rings is 3. The lowest BCUT2D eigenvalue weighted by molar-refractivity contribution is -0.114. The SMILES string of the molecule is CCOc1ccc(N(CC(=O)Nc2cccc(F)c2)S(=O)(=O)c2ccc(SC)cc2)cc1. The summed E-state index contributed by atoms with van der Waals surface area (Å²) in [5.41, 5.74) is 0.542. The fourth-order valence-corrected chi connectivity index (χ4v) is 4.79. The van der Waals surface area contributed by atoms with Crippen molar-refractivity contribution >= 4 is 39.1 Å². The summed E-state index contributed by atoms with van der Waals surface area (Å²) in [5, 5.41) is 2.54. The molecule has 1 N–H and O–H groups in total. The molecule has 0 radical (unpaired) electrons. The molecule has 9 heteroatoms. The van der Waals surface area contributed by atoms with Crippen LogP contribution in [0, 0.1) is 5.82 Å². The lowest BCUT2D eigenvalue weighted by atomic mass is 10.3. The molecule has 0 aliphatic rings. The van der Waals surface area contributed by atoms with E-state index in [0.29, 0.717) is 18.0 Å². The van der Waals surface area contributed by atoms with Crippen molar-refractivity contribution in [1.29, 1.82) is 0 Å². The minimum Gasteiger partial charge on any atom is -0.494 e. The van der Waals surface area contributed by atoms with Crippen LogP contribution in [-0.4, -0.2) is 33.7 Å². The highest BCUT2D eigenvalue weighted by Gasteiger charge is 2.27. The molecule has 0 spiro atoms. The van der Waals surface area contributed by atoms with Crippen molar-refractivity contribution in [3.63, 3.8) is 0 Å². The lowest BCUT2D eigenvalue weighted by Gasteiger charge is -2.24. The van der Waals surface area contributed by atoms with Crippen LogP contribution in [0.5, 0.6) is 5.75 Å². The van der Waals surface area contributed by atoms with Gasteiger partial charge in [0.1, 0.15) is 18.1 Å². The summed E-state index contributed by atoms with van der Waals surface area (Å²) in [6, 6.07) is 18.3. The molecular formula is C23H23FN2O4S2. The van der Waals surface area contributed by atoms with Gasteiger partial charge in [0, 0.05) is 10.6 Å². The van der Waals surface area contributed by atoms with Crippen LogP contribution in [0.25, 0.3) is 0 Å². The number of nitrogens with zero attached hydrogens (tertiary/aromatic N) is 1. The van der Waals surface area contributed by atoms with E-state index in [9.17, 15) is 17.6 Å². The van der Waals surface area contributed by atoms with Crippen molar-refractivity contribution in [3.05, 3.63) is 78.6 Å². The van der Waals surface area contributed by atoms with E-state index >= 15 is 0 Å². The molecule has 1 amide bonds. The van der Waals surface area contributed by atoms with E-state index in [1.54, 1.807) is 36.4 Å². The summed E-state index contributed by atoms with van der Waals surface area (Å²) in [4.78, 5) is 13.7. The first-order valence-corrected chi connectivity index (χ1v) is 12.4. The smallest absolute Gasteiger partial charge is 0.264 e. The van der Waals surface area contributed by atoms with Crippen molar-refractivity contribution in [3.8, 4) is 5.75 Å². The summed E-state index contributed by atoms with van der Waals surface area (Å²) < 4.78 is 46.8. The maximum Gasteiger partial charge on any atom is 0.264 e. The zero-order chi connectivity index (χ0) is 23.1. The quantitative estimate of drug-likeness (QED) is 0.452. The third-order valence-corrected chi connectivity index (χ3v) is 7.01. The van der Waals surface area contributed by atoms with Gasteiger partial charge in [0.15, 0.2) is 0 Å². The maximum atomic E-state index is 13.4. The monoisotopic (exact) mass is 474 g/mol. The average molecular weight is 475 g/mol. The number of anilines is 2. The van der Waals surface area contributed by atoms with Crippen molar-refractivity contribution in [2.45, 2.75) is 16.7 Å². The van der Waals surface area contributed by atoms with Crippen LogP contribution >= 0.6 is 11.8 Å². The Bertz CT molecular complexity index is 1170. The van der Waals surface area contributed by atoms with E-state index in [2.05, 4.69) is 5.32 Å². The summed E-state index contributed by atoms with van der Waals surface area (Å²) in [7, 11) is -4.05. The van der Waals surface area contributed by atoms with Crippen molar-refractivity contribution in [2.75, 3.05) is 29.0 Å². The summed E-state index contributed by atoms with van der Waals surface area (Å²) in [5.74, 6) is -0.524. The number of carbonyl (C=O) groups is 1. The molecule has 0 aliphatic heterocycles. The summed E-state index contributed by atoms with van der Waals surface area (Å²) >= 11 is 1.50. The normalized spacial score (nSPS) is 11.1. The number of halogens is 1. The number of ether oxygens (including phenoxy) is 1. The average Bonchev–Trinajstić information content (AvgIpc) is 2.78. The van der Waals surface area contributed by atoms with E-state index < -0.39 is 28.3 Å². The van der Waals surface area contributed by atoms with Crippen LogP contribution in [0.4, 0.5) is 15.8 Å². The molecule has 0 atom stereocenters. The molecule has 32 heavy (non-hydrogen) atoms. The lowest BCUT2D eigenvalue weighted by Crippen LogP contribution is -2.38. The third kappa shape index (κ3) is 5.80. The molecule has 0 fully saturated rings. The number of nitrogens with one attached hydrogen (secondary N) is 1. The topological polar surface area (TPSA) is 75.7 Å². The van der Waals surface area contributed by atoms with Gasteiger partial charge < -0.3 is 10.1 Å². The zero-order valence-corrected chi connectivity index (χ0v) is 19.3. The van der Waals surface area contributed by atoms with Gasteiger partial charge in [0.05, 0.1) is 17.2 Å². The van der Waals surface area contributed by atoms with Gasteiger partial charge in [0.2, 0.25) is 5.91 Å². The van der Waals surface area contributed by atoms with E-state index in [0.717, 1.165) is 15.3 Å². The van der Waals surface area contributed by atoms with Gasteiger partial charge in [-0.05, 0) is 79.9 Å². The molecule has 0 aromatic heterocycles. The summed E-state index contributed by atoms with van der Waals surface area (Å²) in [6.07, 6.45) is 1.90. The Hall–Kier alpha value is -3.04. The number of amides is 1. The Morgan fingerprint density at radius 1 is 1.06 bits per heavy atom. The van der Waals surface area contributed by atoms with E-state index in [1.165, 1.54) is 42.1 Å². The second-order valence-electron chi connectivity index (χ2n) is 6.67. The predicted molar refractivity (Wildman–Crippen MR) is 125 cm³/mol. The molecule has 3 rings (SSSR count). The van der Waals surface area contributed by atoms with Crippen LogP contribution in [0.3, 0.4) is 0 Å². The molecule has 6 nitrogen and oxygen atoms in total. The molecule has 3 aromatic carbocycles. The molecule has 0 saturated carbocycles. The number of sulfonamides is 1. The van der Waals surface area contributed by atoms with Gasteiger partial charge in [-0.2, -0.15) is 0 Å². The van der Waals surface area contributed by atoms with Crippen molar-refractivity contribution < 1.29 is 22.3 Å². The number of carbonyl (C=O) groups excluding carboxylic acids is 1. The van der Waals surface area contributed by atoms with Crippen molar-refractivity contribution in [2.24, 2.45) is 0 Å². The fourth-order valence-electron chi connectivity index (χ4n) is 2.96. The van der Waals surface area contributed by atoms with Gasteiger partial charge in [-0.1, -0.05) is 6.07 Å². The highest BCUT2D eigenvalue weighted by Crippen LogP contribution is 2.27. The predicted octanol–water partition coefficient (Wildman–Crippen LogP) is 4.78. The molecule has 3 aromatic rings. The van der Waals surface area contributed by atoms with Crippen LogP contribution in [0.15, 0.2) is 82.6 Å². The molecule has 0 aliphatic carbocycles. The van der Waals surface area contributed by atoms with E-state index in [1.807, 2.05) is 13.2 Å². The van der Waals surface area contributed by atoms with Crippen LogP contribution in [-0.2, 0) is 14.8 Å². The van der Waals surface area contributed by atoms with Gasteiger partial charge in [0.25, 0.3) is 10.0 Å². The maximum absolute atomic E-state index is 13.4. The first-order valence-electron chi connectivity index (χ1n) is 9.78. The van der Waals surface area contributed by atoms with Crippen LogP contribution in [0.2, 0.25) is 0 Å². The fraction of sp³-hybridized carbons (Fsp3) is 0.174. The Morgan fingerprint density at radius 2 is 1.75 bits per heavy atom. The Kier molecular flexibility index (Phi) is 7.76. The molecule has 0 heterocycles. The molecule has 0 bridgehead atoms. The van der Waals surface area contributed by atoms with Crippen LogP contribution < -0.4 is 14.4 Å². The number of hydrogen-bond acceptors (Lipinski definition) is 5. The zero-order valence-electron chi connectivity index (χ0n) is 17.6. The minimum absolute atomic E-state index is 0.0581.